The van der Waals surface area contributed by atoms with Gasteiger partial charge in [0.1, 0.15) is 12.1 Å². The summed E-state index contributed by atoms with van der Waals surface area (Å²) in [6.07, 6.45) is 6.27. The number of rotatable bonds is 6. The molecule has 0 unspecified atom stereocenters. The van der Waals surface area contributed by atoms with Crippen molar-refractivity contribution >= 4 is 26.9 Å². The quantitative estimate of drug-likeness (QED) is 0.669. The van der Waals surface area contributed by atoms with Crippen LogP contribution in [0.15, 0.2) is 47.8 Å². The lowest BCUT2D eigenvalue weighted by atomic mass is 10.1. The van der Waals surface area contributed by atoms with Crippen molar-refractivity contribution in [1.82, 2.24) is 19.3 Å². The number of aryl methyl sites for hydroxylation is 1. The number of nitrogens with one attached hydrogen (secondary N) is 1. The maximum absolute atomic E-state index is 13.2. The minimum absolute atomic E-state index is 0.252. The second kappa shape index (κ2) is 8.12. The van der Waals surface area contributed by atoms with E-state index in [1.165, 1.54) is 10.3 Å². The molecular weight excluding hydrogens is 386 g/mol. The predicted molar refractivity (Wildman–Crippen MR) is 115 cm³/mol. The molecule has 0 amide bonds. The largest absolute Gasteiger partial charge is 0.352 e. The molecule has 0 saturated carbocycles. The number of piperidine rings is 1. The topological polar surface area (TPSA) is 80.1 Å². The molecule has 0 aliphatic carbocycles. The third-order valence-corrected chi connectivity index (χ3v) is 7.13. The number of fused-ring (bicyclic) bond motifs is 1. The smallest absolute Gasteiger partial charge is 0.269 e. The van der Waals surface area contributed by atoms with Crippen LogP contribution in [0.3, 0.4) is 0 Å². The molecule has 1 aliphatic rings. The molecule has 0 bridgehead atoms. The van der Waals surface area contributed by atoms with Gasteiger partial charge in [-0.05, 0) is 50.9 Å². The van der Waals surface area contributed by atoms with Crippen LogP contribution in [-0.4, -0.2) is 48.0 Å². The summed E-state index contributed by atoms with van der Waals surface area (Å²) < 4.78 is 27.7. The summed E-state index contributed by atoms with van der Waals surface area (Å²) >= 11 is 0. The zero-order chi connectivity index (χ0) is 20.4. The van der Waals surface area contributed by atoms with Crippen LogP contribution in [0, 0.1) is 6.92 Å². The Labute approximate surface area is 171 Å². The normalized spacial score (nSPS) is 17.5. The first-order chi connectivity index (χ1) is 14.0. The molecule has 0 radical (unpaired) electrons. The molecule has 1 saturated heterocycles. The van der Waals surface area contributed by atoms with Gasteiger partial charge in [-0.1, -0.05) is 24.6 Å². The third-order valence-electron chi connectivity index (χ3n) is 5.45. The summed E-state index contributed by atoms with van der Waals surface area (Å²) in [5.41, 5.74) is 1.43. The van der Waals surface area contributed by atoms with E-state index in [1.54, 1.807) is 30.5 Å². The summed E-state index contributed by atoms with van der Waals surface area (Å²) in [5.74, 6) is 0.809. The minimum atomic E-state index is -3.72. The van der Waals surface area contributed by atoms with Gasteiger partial charge in [-0.2, -0.15) is 0 Å². The fourth-order valence-electron chi connectivity index (χ4n) is 3.96. The van der Waals surface area contributed by atoms with E-state index in [4.69, 9.17) is 0 Å². The zero-order valence-corrected chi connectivity index (χ0v) is 17.7. The monoisotopic (exact) mass is 413 g/mol. The van der Waals surface area contributed by atoms with Crippen molar-refractivity contribution in [3.63, 3.8) is 0 Å². The highest BCUT2D eigenvalue weighted by molar-refractivity contribution is 7.90. The van der Waals surface area contributed by atoms with E-state index in [9.17, 15) is 8.42 Å². The zero-order valence-electron chi connectivity index (χ0n) is 16.9. The Balaban J connectivity index is 1.79. The average molecular weight is 414 g/mol. The van der Waals surface area contributed by atoms with Crippen molar-refractivity contribution in [3.8, 4) is 0 Å². The Bertz CT molecular complexity index is 1090. The van der Waals surface area contributed by atoms with Gasteiger partial charge in [-0.25, -0.2) is 22.4 Å². The van der Waals surface area contributed by atoms with E-state index in [0.29, 0.717) is 11.7 Å². The Kier molecular flexibility index (Phi) is 5.56. The average Bonchev–Trinajstić information content (AvgIpc) is 3.18. The number of hydrogen-bond acceptors (Lipinski definition) is 6. The number of anilines is 1. The molecule has 154 valence electrons. The third kappa shape index (κ3) is 3.74. The lowest BCUT2D eigenvalue weighted by Crippen LogP contribution is -2.47. The lowest BCUT2D eigenvalue weighted by Gasteiger charge is -2.35. The molecule has 29 heavy (non-hydrogen) atoms. The van der Waals surface area contributed by atoms with Crippen LogP contribution in [-0.2, 0) is 10.0 Å². The predicted octanol–water partition coefficient (Wildman–Crippen LogP) is 2.95. The van der Waals surface area contributed by atoms with Crippen LogP contribution < -0.4 is 10.2 Å². The van der Waals surface area contributed by atoms with Gasteiger partial charge in [0, 0.05) is 25.3 Å². The van der Waals surface area contributed by atoms with Crippen molar-refractivity contribution < 1.29 is 8.42 Å². The van der Waals surface area contributed by atoms with E-state index >= 15 is 0 Å². The summed E-state index contributed by atoms with van der Waals surface area (Å²) in [6.45, 7) is 6.90. The van der Waals surface area contributed by atoms with Crippen LogP contribution in [0.25, 0.3) is 11.0 Å². The van der Waals surface area contributed by atoms with Crippen molar-refractivity contribution in [1.29, 1.82) is 0 Å². The standard InChI is InChI=1S/C21H27N5O2S/c1-3-12-25(17-5-4-11-22-14-17)20-19-10-13-26(21(19)24-15-23-20)29(27,28)18-8-6-16(2)7-9-18/h6-10,13,15,17,22H,3-5,11-12,14H2,1-2H3/t17-/m1/s1. The van der Waals surface area contributed by atoms with Crippen LogP contribution in [0.5, 0.6) is 0 Å². The van der Waals surface area contributed by atoms with Crippen LogP contribution >= 0.6 is 0 Å². The van der Waals surface area contributed by atoms with Gasteiger partial charge in [0.2, 0.25) is 0 Å². The summed E-state index contributed by atoms with van der Waals surface area (Å²) in [5, 5.41) is 4.23. The molecule has 1 fully saturated rings. The molecule has 8 heteroatoms. The Hall–Kier alpha value is -2.45. The van der Waals surface area contributed by atoms with Gasteiger partial charge in [0.15, 0.2) is 5.65 Å². The molecule has 1 aromatic carbocycles. The van der Waals surface area contributed by atoms with Gasteiger partial charge >= 0.3 is 0 Å². The molecule has 1 atom stereocenters. The number of nitrogens with zero attached hydrogens (tertiary/aromatic N) is 4. The molecule has 3 aromatic rings. The lowest BCUT2D eigenvalue weighted by molar-refractivity contribution is 0.429. The Morgan fingerprint density at radius 1 is 1.21 bits per heavy atom. The fraction of sp³-hybridized carbons (Fsp3) is 0.429. The fourth-order valence-corrected chi connectivity index (χ4v) is 5.26. The summed E-state index contributed by atoms with van der Waals surface area (Å²) in [6, 6.07) is 9.04. The molecule has 4 rings (SSSR count). The number of aromatic nitrogens is 3. The van der Waals surface area contributed by atoms with Crippen molar-refractivity contribution in [3.05, 3.63) is 48.4 Å². The molecule has 2 aromatic heterocycles. The van der Waals surface area contributed by atoms with Gasteiger partial charge < -0.3 is 10.2 Å². The molecular formula is C21H27N5O2S. The van der Waals surface area contributed by atoms with E-state index in [-0.39, 0.29) is 4.90 Å². The van der Waals surface area contributed by atoms with Crippen molar-refractivity contribution in [2.24, 2.45) is 0 Å². The molecule has 1 N–H and O–H groups in total. The molecule has 1 aliphatic heterocycles. The maximum atomic E-state index is 13.2. The van der Waals surface area contributed by atoms with Crippen LogP contribution in [0.1, 0.15) is 31.7 Å². The van der Waals surface area contributed by atoms with Crippen LogP contribution in [0.4, 0.5) is 5.82 Å². The second-order valence-corrected chi connectivity index (χ2v) is 9.37. The van der Waals surface area contributed by atoms with E-state index in [2.05, 4.69) is 27.1 Å². The first-order valence-corrected chi connectivity index (χ1v) is 11.6. The number of benzene rings is 1. The number of hydrogen-bond donors (Lipinski definition) is 1. The minimum Gasteiger partial charge on any atom is -0.352 e. The van der Waals surface area contributed by atoms with E-state index in [0.717, 1.165) is 55.7 Å². The Morgan fingerprint density at radius 2 is 2.00 bits per heavy atom. The van der Waals surface area contributed by atoms with E-state index < -0.39 is 10.0 Å². The SMILES string of the molecule is CCCN(c1ncnc2c1ccn2S(=O)(=O)c1ccc(C)cc1)[C@@H]1CCCNC1. The second-order valence-electron chi connectivity index (χ2n) is 7.56. The van der Waals surface area contributed by atoms with Crippen molar-refractivity contribution in [2.45, 2.75) is 44.0 Å². The van der Waals surface area contributed by atoms with Gasteiger partial charge in [0.05, 0.1) is 10.3 Å². The highest BCUT2D eigenvalue weighted by Crippen LogP contribution is 2.29. The van der Waals surface area contributed by atoms with Crippen LogP contribution in [0.2, 0.25) is 0 Å². The molecule has 0 spiro atoms. The maximum Gasteiger partial charge on any atom is 0.269 e. The van der Waals surface area contributed by atoms with Gasteiger partial charge in [0.25, 0.3) is 10.0 Å². The first kappa shape index (κ1) is 19.8. The van der Waals surface area contributed by atoms with E-state index in [1.807, 2.05) is 13.0 Å². The highest BCUT2D eigenvalue weighted by atomic mass is 32.2. The molecule has 3 heterocycles. The summed E-state index contributed by atoms with van der Waals surface area (Å²) in [4.78, 5) is 11.4. The summed E-state index contributed by atoms with van der Waals surface area (Å²) in [7, 11) is -3.72. The molecule has 7 nitrogen and oxygen atoms in total. The Morgan fingerprint density at radius 3 is 2.69 bits per heavy atom. The van der Waals surface area contributed by atoms with Crippen molar-refractivity contribution in [2.75, 3.05) is 24.5 Å². The highest BCUT2D eigenvalue weighted by Gasteiger charge is 2.26. The van der Waals surface area contributed by atoms with Gasteiger partial charge in [-0.15, -0.1) is 0 Å². The van der Waals surface area contributed by atoms with Gasteiger partial charge in [-0.3, -0.25) is 0 Å². The first-order valence-electron chi connectivity index (χ1n) is 10.1.